The Labute approximate surface area is 220 Å². The van der Waals surface area contributed by atoms with E-state index in [9.17, 15) is 9.59 Å². The van der Waals surface area contributed by atoms with E-state index >= 15 is 0 Å². The summed E-state index contributed by atoms with van der Waals surface area (Å²) in [6, 6.07) is 27.1. The van der Waals surface area contributed by atoms with Crippen molar-refractivity contribution in [3.63, 3.8) is 0 Å². The standard InChI is InChI=1S/C31H38N4O2/c1-3-35(4-2)23-11-22-32-30(36)21-20-29(24-25-12-7-5-8-13-25)34-31(37)33-28-18-16-27(17-19-28)26-14-9-6-10-15-26/h5-10,12-21,29H,3-4,11,22-24H2,1-2H3,(H,32,36)(H2,33,34,37)/b21-20+/t29-/m1/s1. The van der Waals surface area contributed by atoms with Crippen molar-refractivity contribution in [3.05, 3.63) is 103 Å². The Hall–Kier alpha value is -3.90. The molecule has 0 saturated heterocycles. The molecule has 1 atom stereocenters. The van der Waals surface area contributed by atoms with Crippen LogP contribution >= 0.6 is 0 Å². The van der Waals surface area contributed by atoms with E-state index in [0.29, 0.717) is 18.7 Å². The fraction of sp³-hybridized carbons (Fsp3) is 0.290. The van der Waals surface area contributed by atoms with Crippen LogP contribution in [0, 0.1) is 0 Å². The highest BCUT2D eigenvalue weighted by atomic mass is 16.2. The van der Waals surface area contributed by atoms with Crippen molar-refractivity contribution < 1.29 is 9.59 Å². The Bertz CT molecular complexity index is 1110. The Morgan fingerprint density at radius 3 is 2.11 bits per heavy atom. The Morgan fingerprint density at radius 1 is 0.838 bits per heavy atom. The maximum absolute atomic E-state index is 12.8. The highest BCUT2D eigenvalue weighted by molar-refractivity contribution is 5.90. The van der Waals surface area contributed by atoms with Crippen molar-refractivity contribution in [2.45, 2.75) is 32.7 Å². The summed E-state index contributed by atoms with van der Waals surface area (Å²) in [4.78, 5) is 27.5. The quantitative estimate of drug-likeness (QED) is 0.215. The fourth-order valence-corrected chi connectivity index (χ4v) is 4.06. The van der Waals surface area contributed by atoms with Gasteiger partial charge in [-0.15, -0.1) is 0 Å². The van der Waals surface area contributed by atoms with Gasteiger partial charge in [-0.2, -0.15) is 0 Å². The molecule has 37 heavy (non-hydrogen) atoms. The summed E-state index contributed by atoms with van der Waals surface area (Å²) < 4.78 is 0. The first-order valence-electron chi connectivity index (χ1n) is 13.0. The molecular formula is C31H38N4O2. The third-order valence-corrected chi connectivity index (χ3v) is 6.19. The molecule has 3 aromatic carbocycles. The summed E-state index contributed by atoms with van der Waals surface area (Å²) in [5.41, 5.74) is 3.98. The first kappa shape index (κ1) is 27.7. The Morgan fingerprint density at radius 2 is 1.46 bits per heavy atom. The van der Waals surface area contributed by atoms with Gasteiger partial charge in [-0.3, -0.25) is 4.79 Å². The lowest BCUT2D eigenvalue weighted by Gasteiger charge is -2.17. The summed E-state index contributed by atoms with van der Waals surface area (Å²) >= 11 is 0. The van der Waals surface area contributed by atoms with Crippen LogP contribution in [-0.2, 0) is 11.2 Å². The Kier molecular flexibility index (Phi) is 11.4. The smallest absolute Gasteiger partial charge is 0.319 e. The van der Waals surface area contributed by atoms with Gasteiger partial charge in [0.2, 0.25) is 5.91 Å². The second kappa shape index (κ2) is 15.3. The number of nitrogens with zero attached hydrogens (tertiary/aromatic N) is 1. The van der Waals surface area contributed by atoms with E-state index in [0.717, 1.165) is 42.7 Å². The lowest BCUT2D eigenvalue weighted by atomic mass is 10.1. The molecule has 6 nitrogen and oxygen atoms in total. The van der Waals surface area contributed by atoms with Crippen LogP contribution < -0.4 is 16.0 Å². The minimum Gasteiger partial charge on any atom is -0.353 e. The number of amides is 3. The molecule has 0 saturated carbocycles. The zero-order valence-corrected chi connectivity index (χ0v) is 21.8. The number of carbonyl (C=O) groups excluding carboxylic acids is 2. The summed E-state index contributed by atoms with van der Waals surface area (Å²) in [5.74, 6) is -0.156. The van der Waals surface area contributed by atoms with Crippen LogP contribution in [0.1, 0.15) is 25.8 Å². The SMILES string of the molecule is CCN(CC)CCCNC(=O)/C=C/[C@H](Cc1ccccc1)NC(=O)Nc1ccc(-c2ccccc2)cc1. The normalized spacial score (nSPS) is 11.9. The average molecular weight is 499 g/mol. The molecule has 3 N–H and O–H groups in total. The molecule has 3 aromatic rings. The van der Waals surface area contributed by atoms with E-state index in [1.165, 1.54) is 6.08 Å². The van der Waals surface area contributed by atoms with E-state index in [2.05, 4.69) is 46.8 Å². The molecule has 0 aromatic heterocycles. The molecule has 0 spiro atoms. The van der Waals surface area contributed by atoms with Crippen molar-refractivity contribution in [2.75, 3.05) is 31.5 Å². The van der Waals surface area contributed by atoms with Crippen LogP contribution in [0.25, 0.3) is 11.1 Å². The number of carbonyl (C=O) groups is 2. The molecule has 0 fully saturated rings. The lowest BCUT2D eigenvalue weighted by Crippen LogP contribution is -2.38. The molecule has 0 aliphatic rings. The zero-order valence-electron chi connectivity index (χ0n) is 21.8. The summed E-state index contributed by atoms with van der Waals surface area (Å²) in [5, 5.41) is 8.82. The topological polar surface area (TPSA) is 73.5 Å². The second-order valence-corrected chi connectivity index (χ2v) is 8.87. The van der Waals surface area contributed by atoms with Crippen LogP contribution in [0.2, 0.25) is 0 Å². The van der Waals surface area contributed by atoms with Crippen molar-refractivity contribution >= 4 is 17.6 Å². The molecule has 6 heteroatoms. The minimum atomic E-state index is -0.340. The number of hydrogen-bond donors (Lipinski definition) is 3. The van der Waals surface area contributed by atoms with Crippen LogP contribution in [0.15, 0.2) is 97.1 Å². The minimum absolute atomic E-state index is 0.156. The van der Waals surface area contributed by atoms with Gasteiger partial charge in [0, 0.05) is 18.3 Å². The third-order valence-electron chi connectivity index (χ3n) is 6.19. The monoisotopic (exact) mass is 498 g/mol. The van der Waals surface area contributed by atoms with Crippen LogP contribution in [0.3, 0.4) is 0 Å². The highest BCUT2D eigenvalue weighted by Gasteiger charge is 2.12. The van der Waals surface area contributed by atoms with E-state index in [1.54, 1.807) is 6.08 Å². The van der Waals surface area contributed by atoms with Crippen LogP contribution in [0.5, 0.6) is 0 Å². The van der Waals surface area contributed by atoms with Gasteiger partial charge in [0.15, 0.2) is 0 Å². The summed E-state index contributed by atoms with van der Waals surface area (Å²) in [7, 11) is 0. The van der Waals surface area contributed by atoms with Gasteiger partial charge in [-0.25, -0.2) is 4.79 Å². The Balaban J connectivity index is 1.56. The van der Waals surface area contributed by atoms with Crippen LogP contribution in [0.4, 0.5) is 10.5 Å². The van der Waals surface area contributed by atoms with Gasteiger partial charge in [0.1, 0.15) is 0 Å². The lowest BCUT2D eigenvalue weighted by molar-refractivity contribution is -0.116. The molecule has 0 aliphatic heterocycles. The number of benzene rings is 3. The molecule has 3 amide bonds. The molecule has 0 heterocycles. The molecule has 0 bridgehead atoms. The maximum atomic E-state index is 12.8. The molecular weight excluding hydrogens is 460 g/mol. The molecule has 0 unspecified atom stereocenters. The number of anilines is 1. The van der Waals surface area contributed by atoms with Crippen LogP contribution in [-0.4, -0.2) is 49.1 Å². The first-order valence-corrected chi connectivity index (χ1v) is 13.0. The number of urea groups is 1. The zero-order chi connectivity index (χ0) is 26.3. The van der Waals surface area contributed by atoms with E-state index in [4.69, 9.17) is 0 Å². The highest BCUT2D eigenvalue weighted by Crippen LogP contribution is 2.21. The maximum Gasteiger partial charge on any atom is 0.319 e. The van der Waals surface area contributed by atoms with Gasteiger partial charge in [0.25, 0.3) is 0 Å². The predicted molar refractivity (Wildman–Crippen MR) is 153 cm³/mol. The third kappa shape index (κ3) is 9.94. The van der Waals surface area contributed by atoms with Crippen molar-refractivity contribution in [3.8, 4) is 11.1 Å². The van der Waals surface area contributed by atoms with E-state index in [-0.39, 0.29) is 18.0 Å². The van der Waals surface area contributed by atoms with Crippen molar-refractivity contribution in [2.24, 2.45) is 0 Å². The van der Waals surface area contributed by atoms with Crippen molar-refractivity contribution in [1.82, 2.24) is 15.5 Å². The van der Waals surface area contributed by atoms with Gasteiger partial charge in [0.05, 0.1) is 6.04 Å². The van der Waals surface area contributed by atoms with E-state index < -0.39 is 0 Å². The summed E-state index contributed by atoms with van der Waals surface area (Å²) in [6.45, 7) is 7.88. The fourth-order valence-electron chi connectivity index (χ4n) is 4.06. The van der Waals surface area contributed by atoms with Crippen molar-refractivity contribution in [1.29, 1.82) is 0 Å². The predicted octanol–water partition coefficient (Wildman–Crippen LogP) is 5.49. The van der Waals surface area contributed by atoms with E-state index in [1.807, 2.05) is 72.8 Å². The summed E-state index contributed by atoms with van der Waals surface area (Å²) in [6.07, 6.45) is 4.75. The largest absolute Gasteiger partial charge is 0.353 e. The molecule has 3 rings (SSSR count). The molecule has 194 valence electrons. The first-order chi connectivity index (χ1) is 18.1. The number of nitrogens with one attached hydrogen (secondary N) is 3. The number of hydrogen-bond acceptors (Lipinski definition) is 3. The average Bonchev–Trinajstić information content (AvgIpc) is 2.93. The molecule has 0 aliphatic carbocycles. The molecule has 0 radical (unpaired) electrons. The van der Waals surface area contributed by atoms with Gasteiger partial charge >= 0.3 is 6.03 Å². The van der Waals surface area contributed by atoms with Gasteiger partial charge < -0.3 is 20.9 Å². The second-order valence-electron chi connectivity index (χ2n) is 8.87. The van der Waals surface area contributed by atoms with Gasteiger partial charge in [-0.05, 0) is 61.3 Å². The number of rotatable bonds is 13. The van der Waals surface area contributed by atoms with Gasteiger partial charge in [-0.1, -0.05) is 92.7 Å².